The van der Waals surface area contributed by atoms with Crippen LogP contribution in [0, 0.1) is 0 Å². The Balaban J connectivity index is 1.38. The average molecular weight is 722 g/mol. The van der Waals surface area contributed by atoms with Crippen LogP contribution in [0.25, 0.3) is 0 Å². The Morgan fingerprint density at radius 3 is 1.98 bits per heavy atom. The Kier molecular flexibility index (Phi) is 11.7. The molecule has 1 fully saturated rings. The first-order valence-electron chi connectivity index (χ1n) is 17.1. The number of hydrogen-bond donors (Lipinski definition) is 1. The van der Waals surface area contributed by atoms with Gasteiger partial charge in [-0.25, -0.2) is 8.42 Å². The van der Waals surface area contributed by atoms with Crippen molar-refractivity contribution in [1.29, 1.82) is 0 Å². The number of carbonyl (C=O) groups is 2. The second-order valence-corrected chi connectivity index (χ2v) is 14.9. The van der Waals surface area contributed by atoms with Gasteiger partial charge >= 0.3 is 0 Å². The maximum absolute atomic E-state index is 14.8. The summed E-state index contributed by atoms with van der Waals surface area (Å²) >= 11 is 6.37. The lowest BCUT2D eigenvalue weighted by molar-refractivity contribution is -0.140. The highest BCUT2D eigenvalue weighted by molar-refractivity contribution is 7.92. The van der Waals surface area contributed by atoms with Gasteiger partial charge in [-0.15, -0.1) is 0 Å². The maximum Gasteiger partial charge on any atom is 0.264 e. The van der Waals surface area contributed by atoms with Crippen molar-refractivity contribution >= 4 is 39.1 Å². The van der Waals surface area contributed by atoms with Crippen LogP contribution in [-0.4, -0.2) is 43.8 Å². The number of amides is 2. The molecule has 1 N–H and O–H groups in total. The Morgan fingerprint density at radius 1 is 0.745 bits per heavy atom. The largest absolute Gasteiger partial charge is 0.457 e. The zero-order valence-corrected chi connectivity index (χ0v) is 29.7. The zero-order chi connectivity index (χ0) is 35.6. The van der Waals surface area contributed by atoms with Crippen LogP contribution in [0.4, 0.5) is 5.69 Å². The summed E-state index contributed by atoms with van der Waals surface area (Å²) in [6.07, 6.45) is 4.04. The van der Waals surface area contributed by atoms with Crippen molar-refractivity contribution < 1.29 is 22.7 Å². The molecule has 0 aromatic heterocycles. The summed E-state index contributed by atoms with van der Waals surface area (Å²) in [6.45, 7) is -0.517. The highest BCUT2D eigenvalue weighted by Gasteiger charge is 2.35. The molecule has 5 aromatic carbocycles. The fraction of sp³-hybridized carbons (Fsp3) is 0.220. The Hall–Kier alpha value is -5.12. The highest BCUT2D eigenvalue weighted by atomic mass is 35.5. The lowest BCUT2D eigenvalue weighted by Crippen LogP contribution is -2.54. The first-order valence-corrected chi connectivity index (χ1v) is 18.9. The molecule has 1 aliphatic carbocycles. The van der Waals surface area contributed by atoms with E-state index in [1.165, 1.54) is 17.0 Å². The van der Waals surface area contributed by atoms with Crippen molar-refractivity contribution in [3.05, 3.63) is 156 Å². The van der Waals surface area contributed by atoms with Crippen molar-refractivity contribution in [2.75, 3.05) is 10.8 Å². The molecule has 0 bridgehead atoms. The maximum atomic E-state index is 14.8. The number of para-hydroxylation sites is 1. The number of halogens is 1. The molecular weight excluding hydrogens is 682 g/mol. The number of carbonyl (C=O) groups excluding carboxylic acids is 2. The van der Waals surface area contributed by atoms with Crippen LogP contribution in [0.2, 0.25) is 5.02 Å². The molecule has 10 heteroatoms. The third-order valence-corrected chi connectivity index (χ3v) is 11.0. The molecule has 6 rings (SSSR count). The summed E-state index contributed by atoms with van der Waals surface area (Å²) in [5.74, 6) is 0.316. The first-order chi connectivity index (χ1) is 24.8. The van der Waals surface area contributed by atoms with Gasteiger partial charge in [-0.05, 0) is 84.6 Å². The molecule has 8 nitrogen and oxygen atoms in total. The van der Waals surface area contributed by atoms with E-state index >= 15 is 0 Å². The van der Waals surface area contributed by atoms with E-state index in [2.05, 4.69) is 5.32 Å². The molecule has 0 aliphatic heterocycles. The summed E-state index contributed by atoms with van der Waals surface area (Å²) in [5.41, 5.74) is 1.85. The predicted octanol–water partition coefficient (Wildman–Crippen LogP) is 8.03. The second kappa shape index (κ2) is 16.7. The van der Waals surface area contributed by atoms with Crippen LogP contribution in [0.1, 0.15) is 36.8 Å². The summed E-state index contributed by atoms with van der Waals surface area (Å²) in [5, 5.41) is 3.68. The number of sulfonamides is 1. The van der Waals surface area contributed by atoms with Crippen LogP contribution in [-0.2, 0) is 32.6 Å². The van der Waals surface area contributed by atoms with Crippen molar-refractivity contribution in [1.82, 2.24) is 10.2 Å². The van der Waals surface area contributed by atoms with E-state index in [9.17, 15) is 18.0 Å². The minimum atomic E-state index is -4.23. The van der Waals surface area contributed by atoms with Gasteiger partial charge in [0.25, 0.3) is 10.0 Å². The third-order valence-electron chi connectivity index (χ3n) is 8.93. The highest BCUT2D eigenvalue weighted by Crippen LogP contribution is 2.29. The van der Waals surface area contributed by atoms with Crippen LogP contribution in [0.5, 0.6) is 11.5 Å². The number of nitrogens with zero attached hydrogens (tertiary/aromatic N) is 2. The molecule has 0 heterocycles. The summed E-state index contributed by atoms with van der Waals surface area (Å²) in [6, 6.07) is 39.5. The van der Waals surface area contributed by atoms with Gasteiger partial charge in [-0.2, -0.15) is 0 Å². The van der Waals surface area contributed by atoms with E-state index in [1.807, 2.05) is 66.7 Å². The molecule has 51 heavy (non-hydrogen) atoms. The van der Waals surface area contributed by atoms with Crippen molar-refractivity contribution in [2.24, 2.45) is 0 Å². The van der Waals surface area contributed by atoms with Crippen LogP contribution < -0.4 is 14.4 Å². The molecular formula is C41H40ClN3O5S. The van der Waals surface area contributed by atoms with Gasteiger partial charge in [0.15, 0.2) is 0 Å². The number of hydrogen-bond acceptors (Lipinski definition) is 5. The molecule has 0 radical (unpaired) electrons. The van der Waals surface area contributed by atoms with E-state index < -0.39 is 28.5 Å². The van der Waals surface area contributed by atoms with Crippen molar-refractivity contribution in [2.45, 2.75) is 55.6 Å². The fourth-order valence-corrected chi connectivity index (χ4v) is 7.96. The second-order valence-electron chi connectivity index (χ2n) is 12.6. The van der Waals surface area contributed by atoms with Gasteiger partial charge in [0.1, 0.15) is 24.1 Å². The lowest BCUT2D eigenvalue weighted by Gasteiger charge is -2.34. The monoisotopic (exact) mass is 721 g/mol. The van der Waals surface area contributed by atoms with Gasteiger partial charge in [-0.3, -0.25) is 13.9 Å². The standard InChI is InChI=1S/C41H40ClN3O5S/c42-33-16-12-15-32(27-33)29-44(39(28-31-13-4-1-5-14-31)41(47)43-34-17-10-11-18-34)40(46)30-45(51(48,49)38-21-8-3-9-22-38)35-23-25-37(26-24-35)50-36-19-6-2-7-20-36/h1-9,12-16,19-27,34,39H,10-11,17-18,28-30H2,(H,43,47)/t39-/m0/s1. The van der Waals surface area contributed by atoms with Crippen LogP contribution in [0.15, 0.2) is 144 Å². The molecule has 1 aliphatic rings. The molecule has 0 unspecified atom stereocenters. The van der Waals surface area contributed by atoms with Gasteiger partial charge < -0.3 is 15.0 Å². The smallest absolute Gasteiger partial charge is 0.264 e. The van der Waals surface area contributed by atoms with Gasteiger partial charge in [0.05, 0.1) is 10.6 Å². The van der Waals surface area contributed by atoms with E-state index in [0.29, 0.717) is 22.1 Å². The van der Waals surface area contributed by atoms with E-state index in [1.54, 1.807) is 60.7 Å². The number of nitrogens with one attached hydrogen (secondary N) is 1. The molecule has 0 saturated heterocycles. The quantitative estimate of drug-likeness (QED) is 0.125. The Morgan fingerprint density at radius 2 is 1.33 bits per heavy atom. The number of ether oxygens (including phenoxy) is 1. The number of rotatable bonds is 14. The van der Waals surface area contributed by atoms with Crippen LogP contribution >= 0.6 is 11.6 Å². The Labute approximate surface area is 304 Å². The minimum Gasteiger partial charge on any atom is -0.457 e. The minimum absolute atomic E-state index is 0.0190. The predicted molar refractivity (Wildman–Crippen MR) is 200 cm³/mol. The van der Waals surface area contributed by atoms with Crippen LogP contribution in [0.3, 0.4) is 0 Å². The van der Waals surface area contributed by atoms with Crippen molar-refractivity contribution in [3.63, 3.8) is 0 Å². The van der Waals surface area contributed by atoms with E-state index in [4.69, 9.17) is 16.3 Å². The van der Waals surface area contributed by atoms with E-state index in [0.717, 1.165) is 35.6 Å². The van der Waals surface area contributed by atoms with Crippen molar-refractivity contribution in [3.8, 4) is 11.5 Å². The molecule has 2 amide bonds. The molecule has 0 spiro atoms. The van der Waals surface area contributed by atoms with E-state index in [-0.39, 0.29) is 35.5 Å². The summed E-state index contributed by atoms with van der Waals surface area (Å²) in [7, 11) is -4.23. The number of anilines is 1. The summed E-state index contributed by atoms with van der Waals surface area (Å²) in [4.78, 5) is 30.5. The first kappa shape index (κ1) is 35.7. The molecule has 262 valence electrons. The van der Waals surface area contributed by atoms with Gasteiger partial charge in [0, 0.05) is 24.0 Å². The lowest BCUT2D eigenvalue weighted by atomic mass is 10.0. The zero-order valence-electron chi connectivity index (χ0n) is 28.1. The summed E-state index contributed by atoms with van der Waals surface area (Å²) < 4.78 is 35.7. The molecule has 1 atom stereocenters. The normalized spacial score (nSPS) is 13.7. The average Bonchev–Trinajstić information content (AvgIpc) is 3.66. The Bertz CT molecular complexity index is 2010. The SMILES string of the molecule is O=C(NC1CCCC1)[C@H](Cc1ccccc1)N(Cc1cccc(Cl)c1)C(=O)CN(c1ccc(Oc2ccccc2)cc1)S(=O)(=O)c1ccccc1. The topological polar surface area (TPSA) is 96.0 Å². The van der Waals surface area contributed by atoms with Gasteiger partial charge in [0.2, 0.25) is 11.8 Å². The molecule has 5 aromatic rings. The number of benzene rings is 5. The third kappa shape index (κ3) is 9.36. The fourth-order valence-electron chi connectivity index (χ4n) is 6.31. The van der Waals surface area contributed by atoms with Gasteiger partial charge in [-0.1, -0.05) is 103 Å². The molecule has 1 saturated carbocycles.